The topological polar surface area (TPSA) is 26.0 Å². The van der Waals surface area contributed by atoms with Gasteiger partial charge in [-0.05, 0) is 24.1 Å². The number of hydrogen-bond acceptors (Lipinski definition) is 1. The van der Waals surface area contributed by atoms with Crippen molar-refractivity contribution in [1.29, 1.82) is 0 Å². The lowest BCUT2D eigenvalue weighted by molar-refractivity contribution is -0.140. The minimum Gasteiger partial charge on any atom is -0.324 e. The van der Waals surface area contributed by atoms with E-state index in [4.69, 9.17) is 5.73 Å². The van der Waals surface area contributed by atoms with Gasteiger partial charge < -0.3 is 5.73 Å². The van der Waals surface area contributed by atoms with Crippen molar-refractivity contribution in [2.24, 2.45) is 5.73 Å². The van der Waals surface area contributed by atoms with Gasteiger partial charge in [0.2, 0.25) is 0 Å². The molecule has 0 fully saturated rings. The molecule has 0 aliphatic rings. The van der Waals surface area contributed by atoms with Crippen LogP contribution in [0, 0.1) is 5.82 Å². The molecule has 0 unspecified atom stereocenters. The van der Waals surface area contributed by atoms with Gasteiger partial charge in [0.05, 0.1) is 5.56 Å². The maximum Gasteiger partial charge on any atom is 0.419 e. The summed E-state index contributed by atoms with van der Waals surface area (Å²) in [6, 6.07) is 2.41. The van der Waals surface area contributed by atoms with Crippen LogP contribution in [0.2, 0.25) is 0 Å². The van der Waals surface area contributed by atoms with E-state index in [1.165, 1.54) is 6.07 Å². The summed E-state index contributed by atoms with van der Waals surface area (Å²) >= 11 is 0. The lowest BCUT2D eigenvalue weighted by Crippen LogP contribution is -2.13. The first-order valence-electron chi connectivity index (χ1n) is 4.98. The molecule has 0 bridgehead atoms. The van der Waals surface area contributed by atoms with Gasteiger partial charge in [-0.2, -0.15) is 13.2 Å². The molecule has 0 aliphatic heterocycles. The van der Waals surface area contributed by atoms with Crippen molar-refractivity contribution in [2.45, 2.75) is 32.0 Å². The molecule has 0 amide bonds. The van der Waals surface area contributed by atoms with Crippen LogP contribution in [-0.4, -0.2) is 0 Å². The van der Waals surface area contributed by atoms with Gasteiger partial charge in [-0.25, -0.2) is 4.39 Å². The van der Waals surface area contributed by atoms with Gasteiger partial charge in [-0.3, -0.25) is 0 Å². The molecule has 2 N–H and O–H groups in total. The van der Waals surface area contributed by atoms with Crippen molar-refractivity contribution in [3.63, 3.8) is 0 Å². The van der Waals surface area contributed by atoms with E-state index in [1.54, 1.807) is 0 Å². The lowest BCUT2D eigenvalue weighted by Gasteiger charge is -2.13. The molecule has 1 aromatic carbocycles. The summed E-state index contributed by atoms with van der Waals surface area (Å²) in [6.45, 7) is 1.90. The highest BCUT2D eigenvalue weighted by Gasteiger charge is 2.34. The molecule has 0 aromatic heterocycles. The second-order valence-corrected chi connectivity index (χ2v) is 3.63. The summed E-state index contributed by atoms with van der Waals surface area (Å²) in [5.74, 6) is -1.27. The Morgan fingerprint density at radius 3 is 2.29 bits per heavy atom. The molecule has 0 saturated heterocycles. The van der Waals surface area contributed by atoms with Crippen molar-refractivity contribution in [2.75, 3.05) is 0 Å². The number of nitrogens with two attached hydrogens (primary N) is 1. The molecule has 98 valence electrons. The van der Waals surface area contributed by atoms with Gasteiger partial charge in [-0.1, -0.05) is 19.4 Å². The molecule has 0 heterocycles. The SMILES string of the molecule is CCC[C@H](N)c1ccc(C(F)(F)F)c(F)c1.Cl. The van der Waals surface area contributed by atoms with Gasteiger partial charge in [0.25, 0.3) is 0 Å². The van der Waals surface area contributed by atoms with Crippen molar-refractivity contribution < 1.29 is 17.6 Å². The maximum absolute atomic E-state index is 13.2. The molecule has 6 heteroatoms. The molecule has 0 spiro atoms. The van der Waals surface area contributed by atoms with Gasteiger partial charge in [-0.15, -0.1) is 12.4 Å². The Labute approximate surface area is 103 Å². The largest absolute Gasteiger partial charge is 0.419 e. The third-order valence-electron chi connectivity index (χ3n) is 2.33. The first kappa shape index (κ1) is 16.2. The summed E-state index contributed by atoms with van der Waals surface area (Å²) in [4.78, 5) is 0. The van der Waals surface area contributed by atoms with E-state index in [1.807, 2.05) is 6.92 Å². The summed E-state index contributed by atoms with van der Waals surface area (Å²) in [6.07, 6.45) is -3.24. The highest BCUT2D eigenvalue weighted by molar-refractivity contribution is 5.85. The highest BCUT2D eigenvalue weighted by Crippen LogP contribution is 2.32. The van der Waals surface area contributed by atoms with Crippen LogP contribution in [0.15, 0.2) is 18.2 Å². The zero-order valence-corrected chi connectivity index (χ0v) is 10.0. The van der Waals surface area contributed by atoms with Crippen LogP contribution in [0.25, 0.3) is 0 Å². The van der Waals surface area contributed by atoms with E-state index in [0.29, 0.717) is 12.0 Å². The predicted molar refractivity (Wildman–Crippen MR) is 60.5 cm³/mol. The number of hydrogen-bond donors (Lipinski definition) is 1. The van der Waals surface area contributed by atoms with E-state index in [-0.39, 0.29) is 12.4 Å². The fourth-order valence-corrected chi connectivity index (χ4v) is 1.47. The Bertz CT molecular complexity index is 365. The Hall–Kier alpha value is -0.810. The van der Waals surface area contributed by atoms with Crippen LogP contribution in [0.3, 0.4) is 0 Å². The molecule has 0 radical (unpaired) electrons. The molecule has 1 atom stereocenters. The second kappa shape index (κ2) is 6.21. The number of alkyl halides is 3. The van der Waals surface area contributed by atoms with Gasteiger partial charge >= 0.3 is 6.18 Å². The third-order valence-corrected chi connectivity index (χ3v) is 2.33. The summed E-state index contributed by atoms with van der Waals surface area (Å²) < 4.78 is 49.9. The number of benzene rings is 1. The highest BCUT2D eigenvalue weighted by atomic mass is 35.5. The van der Waals surface area contributed by atoms with Crippen LogP contribution < -0.4 is 5.73 Å². The molecule has 1 aromatic rings. The van der Waals surface area contributed by atoms with Crippen molar-refractivity contribution in [1.82, 2.24) is 0 Å². The van der Waals surface area contributed by atoms with Crippen LogP contribution in [0.5, 0.6) is 0 Å². The average molecular weight is 272 g/mol. The molecule has 1 rings (SSSR count). The fourth-order valence-electron chi connectivity index (χ4n) is 1.47. The number of rotatable bonds is 3. The standard InChI is InChI=1S/C11H13F4N.ClH/c1-2-3-10(16)7-4-5-8(9(12)6-7)11(13,14)15;/h4-6,10H,2-3,16H2,1H3;1H/t10-;/m0./s1. The lowest BCUT2D eigenvalue weighted by atomic mass is 10.0. The number of halogens is 5. The zero-order chi connectivity index (χ0) is 12.3. The Kier molecular flexibility index (Phi) is 5.92. The zero-order valence-electron chi connectivity index (χ0n) is 9.22. The third kappa shape index (κ3) is 4.16. The Morgan fingerprint density at radius 1 is 1.29 bits per heavy atom. The van der Waals surface area contributed by atoms with E-state index in [0.717, 1.165) is 18.6 Å². The molecular formula is C11H14ClF4N. The van der Waals surface area contributed by atoms with Crippen LogP contribution in [-0.2, 0) is 6.18 Å². The van der Waals surface area contributed by atoms with Crippen molar-refractivity contribution in [3.8, 4) is 0 Å². The van der Waals surface area contributed by atoms with E-state index in [2.05, 4.69) is 0 Å². The van der Waals surface area contributed by atoms with Crippen molar-refractivity contribution in [3.05, 3.63) is 35.1 Å². The normalized spacial score (nSPS) is 13.1. The van der Waals surface area contributed by atoms with Crippen molar-refractivity contribution >= 4 is 12.4 Å². The minimum atomic E-state index is -4.66. The summed E-state index contributed by atoms with van der Waals surface area (Å²) in [5.41, 5.74) is 4.83. The smallest absolute Gasteiger partial charge is 0.324 e. The molecule has 17 heavy (non-hydrogen) atoms. The first-order valence-corrected chi connectivity index (χ1v) is 4.98. The van der Waals surface area contributed by atoms with Crippen LogP contribution in [0.1, 0.15) is 36.9 Å². The molecular weight excluding hydrogens is 258 g/mol. The molecule has 0 aliphatic carbocycles. The van der Waals surface area contributed by atoms with Gasteiger partial charge in [0.1, 0.15) is 5.82 Å². The van der Waals surface area contributed by atoms with Gasteiger partial charge in [0.15, 0.2) is 0 Å². The maximum atomic E-state index is 13.2. The average Bonchev–Trinajstić information content (AvgIpc) is 2.16. The van der Waals surface area contributed by atoms with Gasteiger partial charge in [0, 0.05) is 6.04 Å². The van der Waals surface area contributed by atoms with E-state index in [9.17, 15) is 17.6 Å². The second-order valence-electron chi connectivity index (χ2n) is 3.63. The molecule has 1 nitrogen and oxygen atoms in total. The minimum absolute atomic E-state index is 0. The van der Waals surface area contributed by atoms with E-state index < -0.39 is 23.6 Å². The van der Waals surface area contributed by atoms with E-state index >= 15 is 0 Å². The molecule has 0 saturated carbocycles. The summed E-state index contributed by atoms with van der Waals surface area (Å²) in [7, 11) is 0. The Balaban J connectivity index is 0.00000256. The summed E-state index contributed by atoms with van der Waals surface area (Å²) in [5, 5.41) is 0. The van der Waals surface area contributed by atoms with Crippen LogP contribution >= 0.6 is 12.4 Å². The predicted octanol–water partition coefficient (Wildman–Crippen LogP) is 4.07. The first-order chi connectivity index (χ1) is 7.36. The monoisotopic (exact) mass is 271 g/mol. The Morgan fingerprint density at radius 2 is 1.88 bits per heavy atom. The quantitative estimate of drug-likeness (QED) is 0.824. The van der Waals surface area contributed by atoms with Crippen LogP contribution in [0.4, 0.5) is 17.6 Å². The fraction of sp³-hybridized carbons (Fsp3) is 0.455.